The second-order valence-corrected chi connectivity index (χ2v) is 5.04. The molecule has 4 heteroatoms. The molecule has 0 heterocycles. The summed E-state index contributed by atoms with van der Waals surface area (Å²) >= 11 is 5.80. The summed E-state index contributed by atoms with van der Waals surface area (Å²) in [5, 5.41) is 2.98. The van der Waals surface area contributed by atoms with Gasteiger partial charge >= 0.3 is 0 Å². The van der Waals surface area contributed by atoms with E-state index in [0.29, 0.717) is 11.4 Å². The van der Waals surface area contributed by atoms with E-state index in [-0.39, 0.29) is 11.9 Å². The molecule has 0 aliphatic heterocycles. The fourth-order valence-electron chi connectivity index (χ4n) is 2.18. The Morgan fingerprint density at radius 2 is 2.00 bits per heavy atom. The minimum atomic E-state index is -0.145. The number of amides is 1. The number of halogens is 1. The lowest BCUT2D eigenvalue weighted by atomic mass is 10.1. The van der Waals surface area contributed by atoms with Gasteiger partial charge in [0.25, 0.3) is 5.91 Å². The van der Waals surface area contributed by atoms with Gasteiger partial charge in [-0.15, -0.1) is 11.6 Å². The molecule has 0 aliphatic carbocycles. The molecule has 1 atom stereocenters. The third kappa shape index (κ3) is 3.76. The van der Waals surface area contributed by atoms with Crippen LogP contribution in [0.2, 0.25) is 0 Å². The van der Waals surface area contributed by atoms with Crippen molar-refractivity contribution in [3.8, 4) is 5.75 Å². The Morgan fingerprint density at radius 3 is 2.71 bits per heavy atom. The summed E-state index contributed by atoms with van der Waals surface area (Å²) in [5.74, 6) is 1.03. The van der Waals surface area contributed by atoms with Gasteiger partial charge in [0, 0.05) is 17.0 Å². The lowest BCUT2D eigenvalue weighted by Gasteiger charge is -2.17. The van der Waals surface area contributed by atoms with E-state index in [1.54, 1.807) is 19.2 Å². The lowest BCUT2D eigenvalue weighted by Crippen LogP contribution is -2.27. The highest BCUT2D eigenvalue weighted by atomic mass is 35.5. The number of nitrogens with one attached hydrogen (secondary N) is 1. The second-order valence-electron chi connectivity index (χ2n) is 4.77. The van der Waals surface area contributed by atoms with Gasteiger partial charge in [-0.05, 0) is 30.7 Å². The zero-order chi connectivity index (χ0) is 15.2. The van der Waals surface area contributed by atoms with Gasteiger partial charge in [-0.2, -0.15) is 0 Å². The summed E-state index contributed by atoms with van der Waals surface area (Å²) in [6.07, 6.45) is 0. The molecule has 1 N–H and O–H groups in total. The minimum absolute atomic E-state index is 0.125. The Labute approximate surface area is 129 Å². The van der Waals surface area contributed by atoms with Gasteiger partial charge in [0.1, 0.15) is 5.75 Å². The van der Waals surface area contributed by atoms with Crippen LogP contribution in [-0.4, -0.2) is 13.0 Å². The molecule has 2 aromatic rings. The number of hydrogen-bond acceptors (Lipinski definition) is 2. The Bertz CT molecular complexity index is 628. The Morgan fingerprint density at radius 1 is 1.24 bits per heavy atom. The zero-order valence-electron chi connectivity index (χ0n) is 12.1. The smallest absolute Gasteiger partial charge is 0.251 e. The largest absolute Gasteiger partial charge is 0.496 e. The summed E-state index contributed by atoms with van der Waals surface area (Å²) in [5.41, 5.74) is 2.48. The number of ether oxygens (including phenoxy) is 1. The quantitative estimate of drug-likeness (QED) is 0.850. The standard InChI is InChI=1S/C17H18ClNO2/c1-12(15-8-3-4-9-16(15)21-2)19-17(20)14-7-5-6-13(10-14)11-18/h3-10,12H,11H2,1-2H3,(H,19,20). The summed E-state index contributed by atoms with van der Waals surface area (Å²) in [6.45, 7) is 1.93. The summed E-state index contributed by atoms with van der Waals surface area (Å²) in [6, 6.07) is 14.8. The molecule has 0 fully saturated rings. The number of methoxy groups -OCH3 is 1. The SMILES string of the molecule is COc1ccccc1C(C)NC(=O)c1cccc(CCl)c1. The van der Waals surface area contributed by atoms with E-state index in [9.17, 15) is 4.79 Å². The van der Waals surface area contributed by atoms with E-state index in [1.165, 1.54) is 0 Å². The highest BCUT2D eigenvalue weighted by Crippen LogP contribution is 2.24. The molecule has 0 aromatic heterocycles. The summed E-state index contributed by atoms with van der Waals surface area (Å²) in [4.78, 5) is 12.3. The molecular weight excluding hydrogens is 286 g/mol. The van der Waals surface area contributed by atoms with Crippen molar-refractivity contribution >= 4 is 17.5 Å². The van der Waals surface area contributed by atoms with Crippen LogP contribution in [0.5, 0.6) is 5.75 Å². The summed E-state index contributed by atoms with van der Waals surface area (Å²) in [7, 11) is 1.62. The molecule has 3 nitrogen and oxygen atoms in total. The third-order valence-corrected chi connectivity index (χ3v) is 3.61. The van der Waals surface area contributed by atoms with Crippen LogP contribution in [-0.2, 0) is 5.88 Å². The molecule has 0 bridgehead atoms. The molecule has 110 valence electrons. The van der Waals surface area contributed by atoms with Crippen LogP contribution in [0.3, 0.4) is 0 Å². The van der Waals surface area contributed by atoms with E-state index in [4.69, 9.17) is 16.3 Å². The number of alkyl halides is 1. The second kappa shape index (κ2) is 7.14. The highest BCUT2D eigenvalue weighted by Gasteiger charge is 2.14. The summed E-state index contributed by atoms with van der Waals surface area (Å²) < 4.78 is 5.32. The van der Waals surface area contributed by atoms with Crippen LogP contribution in [0.1, 0.15) is 34.5 Å². The Hall–Kier alpha value is -2.00. The van der Waals surface area contributed by atoms with E-state index < -0.39 is 0 Å². The molecule has 0 aliphatic rings. The van der Waals surface area contributed by atoms with Crippen molar-refractivity contribution in [3.63, 3.8) is 0 Å². The zero-order valence-corrected chi connectivity index (χ0v) is 12.9. The average Bonchev–Trinajstić information content (AvgIpc) is 2.54. The van der Waals surface area contributed by atoms with Gasteiger partial charge in [0.15, 0.2) is 0 Å². The first-order chi connectivity index (χ1) is 10.2. The number of carbonyl (C=O) groups excluding carboxylic acids is 1. The van der Waals surface area contributed by atoms with Gasteiger partial charge in [-0.1, -0.05) is 30.3 Å². The molecule has 0 saturated heterocycles. The monoisotopic (exact) mass is 303 g/mol. The van der Waals surface area contributed by atoms with Gasteiger partial charge in [0.05, 0.1) is 13.2 Å². The number of hydrogen-bond donors (Lipinski definition) is 1. The number of benzene rings is 2. The Kier molecular flexibility index (Phi) is 5.23. The molecule has 21 heavy (non-hydrogen) atoms. The van der Waals surface area contributed by atoms with Crippen molar-refractivity contribution < 1.29 is 9.53 Å². The molecular formula is C17H18ClNO2. The third-order valence-electron chi connectivity index (χ3n) is 3.30. The normalized spacial score (nSPS) is 11.8. The van der Waals surface area contributed by atoms with E-state index in [0.717, 1.165) is 16.9 Å². The number of rotatable bonds is 5. The molecule has 2 rings (SSSR count). The topological polar surface area (TPSA) is 38.3 Å². The van der Waals surface area contributed by atoms with Crippen LogP contribution >= 0.6 is 11.6 Å². The van der Waals surface area contributed by atoms with E-state index in [2.05, 4.69) is 5.32 Å². The van der Waals surface area contributed by atoms with Gasteiger partial charge in [0.2, 0.25) is 0 Å². The predicted octanol–water partition coefficient (Wildman–Crippen LogP) is 3.93. The van der Waals surface area contributed by atoms with Crippen LogP contribution in [0.25, 0.3) is 0 Å². The van der Waals surface area contributed by atoms with Crippen LogP contribution in [0.15, 0.2) is 48.5 Å². The maximum absolute atomic E-state index is 12.3. The maximum Gasteiger partial charge on any atom is 0.251 e. The fourth-order valence-corrected chi connectivity index (χ4v) is 2.34. The molecule has 1 unspecified atom stereocenters. The van der Waals surface area contributed by atoms with E-state index >= 15 is 0 Å². The van der Waals surface area contributed by atoms with Gasteiger partial charge in [-0.3, -0.25) is 4.79 Å². The van der Waals surface area contributed by atoms with Gasteiger partial charge in [-0.25, -0.2) is 0 Å². The highest BCUT2D eigenvalue weighted by molar-refractivity contribution is 6.17. The van der Waals surface area contributed by atoms with Gasteiger partial charge < -0.3 is 10.1 Å². The van der Waals surface area contributed by atoms with Crippen LogP contribution in [0, 0.1) is 0 Å². The van der Waals surface area contributed by atoms with Crippen molar-refractivity contribution in [2.75, 3.05) is 7.11 Å². The van der Waals surface area contributed by atoms with E-state index in [1.807, 2.05) is 43.3 Å². The van der Waals surface area contributed by atoms with Crippen molar-refractivity contribution in [2.45, 2.75) is 18.8 Å². The number of carbonyl (C=O) groups is 1. The molecule has 2 aromatic carbocycles. The first-order valence-corrected chi connectivity index (χ1v) is 7.28. The fraction of sp³-hybridized carbons (Fsp3) is 0.235. The first kappa shape index (κ1) is 15.4. The van der Waals surface area contributed by atoms with Crippen LogP contribution in [0.4, 0.5) is 0 Å². The number of para-hydroxylation sites is 1. The predicted molar refractivity (Wildman–Crippen MR) is 84.9 cm³/mol. The maximum atomic E-state index is 12.3. The van der Waals surface area contributed by atoms with Crippen molar-refractivity contribution in [2.24, 2.45) is 0 Å². The Balaban J connectivity index is 2.15. The molecule has 1 amide bonds. The first-order valence-electron chi connectivity index (χ1n) is 6.74. The lowest BCUT2D eigenvalue weighted by molar-refractivity contribution is 0.0939. The van der Waals surface area contributed by atoms with Crippen molar-refractivity contribution in [3.05, 3.63) is 65.2 Å². The minimum Gasteiger partial charge on any atom is -0.496 e. The van der Waals surface area contributed by atoms with Crippen molar-refractivity contribution in [1.82, 2.24) is 5.32 Å². The van der Waals surface area contributed by atoms with Crippen LogP contribution < -0.4 is 10.1 Å². The molecule has 0 saturated carbocycles. The molecule has 0 spiro atoms. The average molecular weight is 304 g/mol. The van der Waals surface area contributed by atoms with Crippen molar-refractivity contribution in [1.29, 1.82) is 0 Å². The molecule has 0 radical (unpaired) electrons.